The maximum atomic E-state index is 9.74. The monoisotopic (exact) mass is 788 g/mol. The first-order chi connectivity index (χ1) is 18.6. The van der Waals surface area contributed by atoms with E-state index >= 15 is 0 Å². The number of carbonyl (C=O) groups excluding carboxylic acids is 7. The Morgan fingerprint density at radius 1 is 0.412 bits per heavy atom. The van der Waals surface area contributed by atoms with Gasteiger partial charge in [-0.05, 0) is 0 Å². The third kappa shape index (κ3) is 706. The van der Waals surface area contributed by atoms with E-state index in [1.54, 1.807) is 0 Å². The Kier molecular flexibility index (Phi) is 379. The Morgan fingerprint density at radius 3 is 0.510 bits per heavy atom. The Bertz CT molecular complexity index is 675. The van der Waals surface area contributed by atoms with Crippen LogP contribution in [0, 0.1) is 0 Å². The van der Waals surface area contributed by atoms with E-state index in [0.717, 1.165) is 41.5 Å². The summed E-state index contributed by atoms with van der Waals surface area (Å²) in [7, 11) is 0. The van der Waals surface area contributed by atoms with Gasteiger partial charge in [-0.2, -0.15) is 20.1 Å². The largest absolute Gasteiger partial charge is 0.481 e. The number of hydrogen-bond acceptors (Lipinski definition) is 21. The number of ketones is 3. The van der Waals surface area contributed by atoms with Crippen LogP contribution in [0.3, 0.4) is 0 Å². The average Bonchev–Trinajstić information content (AvgIpc) is 2.87. The van der Waals surface area contributed by atoms with Crippen LogP contribution in [0.4, 0.5) is 0 Å². The predicted octanol–water partition coefficient (Wildman–Crippen LogP) is 0.563. The van der Waals surface area contributed by atoms with E-state index in [-0.39, 0.29) is 74.6 Å². The van der Waals surface area contributed by atoms with E-state index in [1.807, 2.05) is 0 Å². The quantitative estimate of drug-likeness (QED) is 0.106. The molecule has 0 atom stereocenters. The van der Waals surface area contributed by atoms with Crippen molar-refractivity contribution in [2.45, 2.75) is 93.5 Å². The molecule has 0 saturated carbocycles. The van der Waals surface area contributed by atoms with Crippen LogP contribution in [-0.2, 0) is 62.5 Å². The van der Waals surface area contributed by atoms with Gasteiger partial charge >= 0.3 is 30.0 Å². The summed E-state index contributed by atoms with van der Waals surface area (Å²) < 4.78 is 0. The second-order valence-corrected chi connectivity index (χ2v) is 4.36. The van der Waals surface area contributed by atoms with Crippen LogP contribution in [0.2, 0.25) is 0 Å². The van der Waals surface area contributed by atoms with E-state index < -0.39 is 53.2 Å². The number of aliphatic carboxylic acids is 4. The van der Waals surface area contributed by atoms with Crippen molar-refractivity contribution in [3.63, 3.8) is 0 Å². The Balaban J connectivity index is -0.0000000116. The molecule has 28 nitrogen and oxygen atoms in total. The minimum Gasteiger partial charge on any atom is -0.481 e. The summed E-state index contributed by atoms with van der Waals surface area (Å²) in [5, 5.41) is 80.8. The number of carbonyl (C=O) groups is 9. The molecule has 0 unspecified atom stereocenters. The second-order valence-electron chi connectivity index (χ2n) is 4.36. The fourth-order valence-electron chi connectivity index (χ4n) is 0.0643. The van der Waals surface area contributed by atoms with Crippen molar-refractivity contribution in [3.8, 4) is 0 Å². The van der Waals surface area contributed by atoms with E-state index in [9.17, 15) is 33.6 Å². The number of rotatable bonds is 3. The first-order valence-electron chi connectivity index (χ1n) is 8.26. The highest BCUT2D eigenvalue weighted by Crippen LogP contribution is 1.71. The van der Waals surface area contributed by atoms with Gasteiger partial charge in [-0.3, -0.25) is 60.4 Å². The molecule has 0 aliphatic rings. The predicted molar refractivity (Wildman–Crippen MR) is 176 cm³/mol. The molecular weight excluding hydrogens is 724 g/mol. The lowest BCUT2D eigenvalue weighted by Crippen LogP contribution is -2.10. The van der Waals surface area contributed by atoms with Gasteiger partial charge < -0.3 is 41.7 Å². The number of carboxylic acid groups (broad SMARTS) is 4. The molecule has 0 aromatic heterocycles. The molecule has 0 amide bonds. The molecule has 0 radical (unpaired) electrons. The van der Waals surface area contributed by atoms with Crippen molar-refractivity contribution in [2.75, 3.05) is 0 Å². The molecule has 0 bridgehead atoms. The molecule has 0 fully saturated rings. The smallest absolute Gasteiger partial charge is 0.407 e. The number of Topliss-reactive ketones (excluding diaryl/α,β-unsaturated/α-hetero) is 3. The van der Waals surface area contributed by atoms with Crippen LogP contribution in [0.1, 0.15) is 93.5 Å². The zero-order valence-electron chi connectivity index (χ0n) is 23.2. The normalized spacial score (nSPS) is 4.98. The average molecular weight is 789 g/mol. The molecule has 0 aliphatic carbocycles. The number of carboxylic acids is 4. The summed E-state index contributed by atoms with van der Waals surface area (Å²) in [6.45, 7) is 6.28. The van der Waals surface area contributed by atoms with E-state index in [4.69, 9.17) is 81.7 Å². The summed E-state index contributed by atoms with van der Waals surface area (Å²) >= 11 is 0. The van der Waals surface area contributed by atoms with Gasteiger partial charge in [0.1, 0.15) is 0 Å². The van der Waals surface area contributed by atoms with Gasteiger partial charge in [-0.25, -0.2) is 19.2 Å². The maximum absolute atomic E-state index is 9.74. The lowest BCUT2D eigenvalue weighted by atomic mass is 10.5. The molecule has 324 valence electrons. The van der Waals surface area contributed by atoms with Crippen LogP contribution >= 0.6 is 0 Å². The van der Waals surface area contributed by atoms with Crippen molar-refractivity contribution >= 4 is 59.3 Å². The Labute approximate surface area is 294 Å². The highest BCUT2D eigenvalue weighted by molar-refractivity contribution is 6.32. The van der Waals surface area contributed by atoms with Gasteiger partial charge in [0.25, 0.3) is 11.9 Å². The second kappa shape index (κ2) is 140. The molecule has 0 aliphatic heterocycles. The van der Waals surface area contributed by atoms with Crippen molar-refractivity contribution in [2.24, 2.45) is 0 Å². The third-order valence-electron chi connectivity index (χ3n) is 1.10. The standard InChI is InChI=1S/C3H4O4.2C3H4O3.C2H4O3.2C2H4O2.CO2.7CH4.3H2O2.3H2O/c1-2(4)3(5)7-6;2*1-2(4)3(5)6;1-2(3)5-4;2*1-2(3)4;2-1-3;;;;;;;;3*1-2;;;/h6H,1H3;2*1H3,(H,5,6);4H,1H3;2*1H3,(H,3,4);;7*1H4;3*1-2H;3*1H2. The maximum Gasteiger partial charge on any atom is 0.407 e. The molecule has 0 saturated heterocycles. The van der Waals surface area contributed by atoms with Crippen LogP contribution in [0.25, 0.3) is 0 Å². The molecule has 28 heteroatoms. The molecule has 0 aromatic rings. The van der Waals surface area contributed by atoms with Gasteiger partial charge in [0.2, 0.25) is 17.3 Å². The van der Waals surface area contributed by atoms with Gasteiger partial charge in [-0.15, -0.1) is 0 Å². The van der Waals surface area contributed by atoms with Crippen molar-refractivity contribution in [3.05, 3.63) is 0 Å². The molecular formula is C23H64O28. The van der Waals surface area contributed by atoms with E-state index in [2.05, 4.69) is 9.78 Å². The fourth-order valence-corrected chi connectivity index (χ4v) is 0.0643. The van der Waals surface area contributed by atoms with Gasteiger partial charge in [0.05, 0.1) is 0 Å². The first kappa shape index (κ1) is 138. The SMILES string of the molecule is C.C.C.C.C.C.C.CC(=O)C(=O)O.CC(=O)C(=O)O.CC(=O)C(=O)OO.CC(=O)O.CC(=O)O.CC(=O)OO.O.O.O.O=C=O.OO.OO.OO. The van der Waals surface area contributed by atoms with Crippen molar-refractivity contribution in [1.29, 1.82) is 0 Å². The fraction of sp³-hybridized carbons (Fsp3) is 0.565. The Morgan fingerprint density at radius 2 is 0.510 bits per heavy atom. The lowest BCUT2D eigenvalue weighted by Gasteiger charge is -1.83. The topological polar surface area (TPSA) is 543 Å². The highest BCUT2D eigenvalue weighted by atomic mass is 17.1. The van der Waals surface area contributed by atoms with Gasteiger partial charge in [0.15, 0.2) is 0 Å². The van der Waals surface area contributed by atoms with E-state index in [1.165, 1.54) is 0 Å². The van der Waals surface area contributed by atoms with Crippen LogP contribution in [0.15, 0.2) is 0 Å². The van der Waals surface area contributed by atoms with Crippen molar-refractivity contribution in [1.82, 2.24) is 0 Å². The summed E-state index contributed by atoms with van der Waals surface area (Å²) in [6, 6.07) is 0. The molecule has 0 spiro atoms. The van der Waals surface area contributed by atoms with Crippen molar-refractivity contribution < 1.29 is 141 Å². The first-order valence-corrected chi connectivity index (χ1v) is 8.26. The molecule has 0 aromatic carbocycles. The van der Waals surface area contributed by atoms with Gasteiger partial charge in [-0.1, -0.05) is 52.0 Å². The molecule has 0 rings (SSSR count). The zero-order valence-corrected chi connectivity index (χ0v) is 23.2. The summed E-state index contributed by atoms with van der Waals surface area (Å²) in [5.74, 6) is -8.82. The Hall–Kier alpha value is -5.23. The minimum atomic E-state index is -1.38. The van der Waals surface area contributed by atoms with Gasteiger partial charge in [0, 0.05) is 41.5 Å². The molecule has 18 N–H and O–H groups in total. The lowest BCUT2D eigenvalue weighted by molar-refractivity contribution is -0.231. The zero-order chi connectivity index (χ0) is 36.3. The van der Waals surface area contributed by atoms with Crippen LogP contribution in [0.5, 0.6) is 0 Å². The summed E-state index contributed by atoms with van der Waals surface area (Å²) in [4.78, 5) is 107. The van der Waals surface area contributed by atoms with E-state index in [0.29, 0.717) is 0 Å². The summed E-state index contributed by atoms with van der Waals surface area (Å²) in [5.41, 5.74) is 0. The minimum absolute atomic E-state index is 0. The summed E-state index contributed by atoms with van der Waals surface area (Å²) in [6.07, 6.45) is 0.250. The molecule has 0 heterocycles. The highest BCUT2D eigenvalue weighted by Gasteiger charge is 2.06. The van der Waals surface area contributed by atoms with Crippen LogP contribution in [-0.4, -0.2) is 138 Å². The number of hydrogen-bond donors (Lipinski definition) is 12. The molecule has 51 heavy (non-hydrogen) atoms. The van der Waals surface area contributed by atoms with Crippen LogP contribution < -0.4 is 0 Å². The third-order valence-corrected chi connectivity index (χ3v) is 1.10.